The fourth-order valence-electron chi connectivity index (χ4n) is 5.41. The Morgan fingerprint density at radius 1 is 1.02 bits per heavy atom. The number of amides is 1. The first-order valence-corrected chi connectivity index (χ1v) is 15.7. The van der Waals surface area contributed by atoms with Gasteiger partial charge in [-0.25, -0.2) is 9.78 Å². The van der Waals surface area contributed by atoms with E-state index in [4.69, 9.17) is 26.1 Å². The lowest BCUT2D eigenvalue weighted by molar-refractivity contribution is -0.145. The van der Waals surface area contributed by atoms with Crippen molar-refractivity contribution in [2.75, 3.05) is 33.9 Å². The number of hydrogen-bond acceptors (Lipinski definition) is 6. The molecule has 1 fully saturated rings. The van der Waals surface area contributed by atoms with Gasteiger partial charge in [-0.15, -0.1) is 0 Å². The van der Waals surface area contributed by atoms with Crippen LogP contribution in [0.5, 0.6) is 11.5 Å². The van der Waals surface area contributed by atoms with E-state index in [1.165, 1.54) is 0 Å². The van der Waals surface area contributed by atoms with E-state index in [-0.39, 0.29) is 5.69 Å². The van der Waals surface area contributed by atoms with E-state index < -0.39 is 17.4 Å². The summed E-state index contributed by atoms with van der Waals surface area (Å²) in [6, 6.07) is 14.9. The summed E-state index contributed by atoms with van der Waals surface area (Å²) in [5.74, 6) is 0.0480. The van der Waals surface area contributed by atoms with Gasteiger partial charge in [-0.3, -0.25) is 4.79 Å². The van der Waals surface area contributed by atoms with E-state index in [1.807, 2.05) is 63.5 Å². The summed E-state index contributed by atoms with van der Waals surface area (Å²) in [5, 5.41) is 13.6. The molecule has 2 aromatic carbocycles. The molecule has 0 bridgehead atoms. The molecular weight excluding hydrogens is 578 g/mol. The minimum Gasteiger partial charge on any atom is -0.493 e. The molecule has 1 aromatic heterocycles. The Kier molecular flexibility index (Phi) is 11.3. The summed E-state index contributed by atoms with van der Waals surface area (Å²) in [4.78, 5) is 33.4. The number of halogens is 1. The summed E-state index contributed by atoms with van der Waals surface area (Å²) in [5.41, 5.74) is 2.45. The molecule has 1 aliphatic rings. The Bertz CT molecular complexity index is 1470. The molecule has 8 nitrogen and oxygen atoms in total. The van der Waals surface area contributed by atoms with E-state index in [2.05, 4.69) is 24.1 Å². The summed E-state index contributed by atoms with van der Waals surface area (Å²) in [6.45, 7) is 8.09. The number of pyridine rings is 1. The van der Waals surface area contributed by atoms with Crippen molar-refractivity contribution in [1.82, 2.24) is 15.2 Å². The zero-order valence-electron chi connectivity index (χ0n) is 26.4. The molecule has 1 amide bonds. The fraction of sp³-hybridized carbons (Fsp3) is 0.457. The van der Waals surface area contributed by atoms with E-state index in [1.54, 1.807) is 6.07 Å². The average molecular weight is 622 g/mol. The Morgan fingerprint density at radius 2 is 1.77 bits per heavy atom. The molecule has 1 aliphatic carbocycles. The van der Waals surface area contributed by atoms with Gasteiger partial charge in [-0.2, -0.15) is 0 Å². The van der Waals surface area contributed by atoms with Crippen molar-refractivity contribution in [1.29, 1.82) is 0 Å². The zero-order chi connectivity index (χ0) is 31.9. The number of aliphatic carboxylic acids is 1. The third-order valence-electron chi connectivity index (χ3n) is 7.90. The number of ether oxygens (including phenoxy) is 2. The first-order valence-electron chi connectivity index (χ1n) is 15.4. The standard InChI is InChI=1S/C35H44ClN3O5/c1-23(2)22-44-26-12-10-24(3)28(21-26)27-13-15-30(25-11-14-29(36)31(20-25)43-19-9-18-39(4)5)37-32(27)33(40)38-35(34(41)42)16-7-6-8-17-35/h10-15,20-21,23H,6-9,16-19,22H2,1-5H3,(H,38,40)(H,41,42). The summed E-state index contributed by atoms with van der Waals surface area (Å²) >= 11 is 6.46. The van der Waals surface area contributed by atoms with Gasteiger partial charge in [0.25, 0.3) is 5.91 Å². The fourth-order valence-corrected chi connectivity index (χ4v) is 5.59. The number of hydrogen-bond donors (Lipinski definition) is 2. The number of nitrogens with zero attached hydrogens (tertiary/aromatic N) is 2. The molecule has 9 heteroatoms. The Labute approximate surface area is 265 Å². The van der Waals surface area contributed by atoms with E-state index >= 15 is 0 Å². The Morgan fingerprint density at radius 3 is 2.45 bits per heavy atom. The first-order chi connectivity index (χ1) is 21.0. The zero-order valence-corrected chi connectivity index (χ0v) is 27.2. The van der Waals surface area contributed by atoms with E-state index in [0.29, 0.717) is 59.8 Å². The largest absolute Gasteiger partial charge is 0.493 e. The predicted octanol–water partition coefficient (Wildman–Crippen LogP) is 7.26. The summed E-state index contributed by atoms with van der Waals surface area (Å²) in [7, 11) is 4.03. The van der Waals surface area contributed by atoms with Gasteiger partial charge in [0, 0.05) is 17.7 Å². The van der Waals surface area contributed by atoms with Crippen LogP contribution in [0, 0.1) is 12.8 Å². The lowest BCUT2D eigenvalue weighted by Crippen LogP contribution is -2.55. The molecule has 4 rings (SSSR count). The first kappa shape index (κ1) is 33.3. The molecule has 0 radical (unpaired) electrons. The van der Waals surface area contributed by atoms with Gasteiger partial charge in [-0.1, -0.05) is 56.8 Å². The van der Waals surface area contributed by atoms with Gasteiger partial charge in [0.15, 0.2) is 0 Å². The van der Waals surface area contributed by atoms with E-state index in [0.717, 1.165) is 48.9 Å². The van der Waals surface area contributed by atoms with Crippen LogP contribution >= 0.6 is 11.6 Å². The molecule has 1 saturated carbocycles. The maximum absolute atomic E-state index is 14.0. The highest BCUT2D eigenvalue weighted by molar-refractivity contribution is 6.32. The Hall–Kier alpha value is -3.62. The second kappa shape index (κ2) is 14.9. The molecule has 0 saturated heterocycles. The van der Waals surface area contributed by atoms with Crippen LogP contribution < -0.4 is 14.8 Å². The molecule has 0 atom stereocenters. The average Bonchev–Trinajstić information content (AvgIpc) is 2.99. The molecule has 236 valence electrons. The van der Waals surface area contributed by atoms with Crippen molar-refractivity contribution in [2.45, 2.75) is 64.8 Å². The quantitative estimate of drug-likeness (QED) is 0.194. The summed E-state index contributed by atoms with van der Waals surface area (Å²) < 4.78 is 12.0. The Balaban J connectivity index is 1.76. The lowest BCUT2D eigenvalue weighted by Gasteiger charge is -2.34. The van der Waals surface area contributed by atoms with Crippen molar-refractivity contribution < 1.29 is 24.2 Å². The number of nitrogens with one attached hydrogen (secondary N) is 1. The van der Waals surface area contributed by atoms with Crippen molar-refractivity contribution in [3.63, 3.8) is 0 Å². The number of carbonyl (C=O) groups excluding carboxylic acids is 1. The minimum atomic E-state index is -1.32. The SMILES string of the molecule is Cc1ccc(OCC(C)C)cc1-c1ccc(-c2ccc(Cl)c(OCCCN(C)C)c2)nc1C(=O)NC1(C(=O)O)CCCCC1. The second-order valence-corrected chi connectivity index (χ2v) is 12.7. The topological polar surface area (TPSA) is 101 Å². The van der Waals surface area contributed by atoms with Crippen molar-refractivity contribution in [3.8, 4) is 33.9 Å². The van der Waals surface area contributed by atoms with Gasteiger partial charge >= 0.3 is 5.97 Å². The van der Waals surface area contributed by atoms with Crippen LogP contribution in [-0.2, 0) is 4.79 Å². The molecule has 0 unspecified atom stereocenters. The third-order valence-corrected chi connectivity index (χ3v) is 8.21. The second-order valence-electron chi connectivity index (χ2n) is 12.3. The normalized spacial score (nSPS) is 14.5. The molecule has 0 aliphatic heterocycles. The van der Waals surface area contributed by atoms with Crippen LogP contribution in [0.25, 0.3) is 22.4 Å². The number of carboxylic acids is 1. The van der Waals surface area contributed by atoms with Gasteiger partial charge in [0.05, 0.1) is 23.9 Å². The van der Waals surface area contributed by atoms with Crippen LogP contribution in [0.2, 0.25) is 5.02 Å². The lowest BCUT2D eigenvalue weighted by atomic mass is 9.81. The predicted molar refractivity (Wildman–Crippen MR) is 175 cm³/mol. The van der Waals surface area contributed by atoms with Crippen LogP contribution in [0.15, 0.2) is 48.5 Å². The smallest absolute Gasteiger partial charge is 0.329 e. The van der Waals surface area contributed by atoms with Crippen molar-refractivity contribution >= 4 is 23.5 Å². The molecule has 0 spiro atoms. The maximum atomic E-state index is 14.0. The number of rotatable bonds is 13. The molecular formula is C35H44ClN3O5. The van der Waals surface area contributed by atoms with Crippen LogP contribution in [0.4, 0.5) is 0 Å². The van der Waals surface area contributed by atoms with Gasteiger partial charge in [0.2, 0.25) is 0 Å². The number of benzene rings is 2. The van der Waals surface area contributed by atoms with Crippen LogP contribution in [-0.4, -0.2) is 66.3 Å². The highest BCUT2D eigenvalue weighted by Crippen LogP contribution is 2.35. The van der Waals surface area contributed by atoms with Crippen LogP contribution in [0.3, 0.4) is 0 Å². The van der Waals surface area contributed by atoms with Crippen LogP contribution in [0.1, 0.15) is 68.4 Å². The van der Waals surface area contributed by atoms with E-state index in [9.17, 15) is 14.7 Å². The monoisotopic (exact) mass is 621 g/mol. The number of aromatic nitrogens is 1. The molecule has 2 N–H and O–H groups in total. The number of aryl methyl sites for hydroxylation is 1. The van der Waals surface area contributed by atoms with Crippen molar-refractivity contribution in [2.24, 2.45) is 5.92 Å². The number of carboxylic acid groups (broad SMARTS) is 1. The third kappa shape index (κ3) is 8.30. The highest BCUT2D eigenvalue weighted by atomic mass is 35.5. The highest BCUT2D eigenvalue weighted by Gasteiger charge is 2.41. The van der Waals surface area contributed by atoms with Crippen molar-refractivity contribution in [3.05, 3.63) is 64.8 Å². The maximum Gasteiger partial charge on any atom is 0.329 e. The molecule has 44 heavy (non-hydrogen) atoms. The minimum absolute atomic E-state index is 0.154. The molecule has 3 aromatic rings. The number of carbonyl (C=O) groups is 2. The van der Waals surface area contributed by atoms with Gasteiger partial charge in [-0.05, 0) is 93.7 Å². The van der Waals surface area contributed by atoms with Gasteiger partial charge in [0.1, 0.15) is 22.7 Å². The van der Waals surface area contributed by atoms with Gasteiger partial charge < -0.3 is 24.8 Å². The molecule has 1 heterocycles. The summed E-state index contributed by atoms with van der Waals surface area (Å²) in [6.07, 6.45) is 4.03.